The molecule has 0 spiro atoms. The summed E-state index contributed by atoms with van der Waals surface area (Å²) in [6, 6.07) is 5.73. The van der Waals surface area contributed by atoms with Crippen molar-refractivity contribution >= 4 is 11.3 Å². The molecule has 15 heavy (non-hydrogen) atoms. The summed E-state index contributed by atoms with van der Waals surface area (Å²) in [5.74, 6) is 0. The SMILES string of the molecule is OC(Cc1ccccn1)Cc1cncs1. The lowest BCUT2D eigenvalue weighted by atomic mass is 10.1. The largest absolute Gasteiger partial charge is 0.392 e. The Labute approximate surface area is 92.5 Å². The molecule has 0 aromatic carbocycles. The van der Waals surface area contributed by atoms with Crippen molar-refractivity contribution < 1.29 is 5.11 Å². The normalized spacial score (nSPS) is 12.6. The minimum absolute atomic E-state index is 0.375. The second-order valence-electron chi connectivity index (χ2n) is 3.35. The average Bonchev–Trinajstić information content (AvgIpc) is 2.71. The highest BCUT2D eigenvalue weighted by atomic mass is 32.1. The smallest absolute Gasteiger partial charge is 0.0794 e. The first kappa shape index (κ1) is 10.3. The van der Waals surface area contributed by atoms with E-state index in [0.29, 0.717) is 12.8 Å². The van der Waals surface area contributed by atoms with Crippen LogP contribution in [0, 0.1) is 0 Å². The number of thiazole rings is 1. The van der Waals surface area contributed by atoms with Crippen LogP contribution in [0.5, 0.6) is 0 Å². The summed E-state index contributed by atoms with van der Waals surface area (Å²) in [6.45, 7) is 0. The molecule has 0 fully saturated rings. The summed E-state index contributed by atoms with van der Waals surface area (Å²) in [7, 11) is 0. The van der Waals surface area contributed by atoms with Gasteiger partial charge in [0.05, 0.1) is 11.6 Å². The molecule has 2 heterocycles. The molecule has 2 aromatic rings. The topological polar surface area (TPSA) is 46.0 Å². The highest BCUT2D eigenvalue weighted by molar-refractivity contribution is 7.09. The fourth-order valence-electron chi connectivity index (χ4n) is 1.41. The molecular weight excluding hydrogens is 208 g/mol. The van der Waals surface area contributed by atoms with Crippen LogP contribution in [-0.2, 0) is 12.8 Å². The highest BCUT2D eigenvalue weighted by Crippen LogP contribution is 2.11. The van der Waals surface area contributed by atoms with Crippen LogP contribution in [0.25, 0.3) is 0 Å². The second-order valence-corrected chi connectivity index (χ2v) is 4.32. The van der Waals surface area contributed by atoms with E-state index < -0.39 is 0 Å². The lowest BCUT2D eigenvalue weighted by Crippen LogP contribution is -2.13. The first-order chi connectivity index (χ1) is 7.34. The third-order valence-corrected chi connectivity index (χ3v) is 2.89. The minimum Gasteiger partial charge on any atom is -0.392 e. The molecule has 3 nitrogen and oxygen atoms in total. The third kappa shape index (κ3) is 3.11. The van der Waals surface area contributed by atoms with E-state index in [1.165, 1.54) is 0 Å². The van der Waals surface area contributed by atoms with Gasteiger partial charge in [0.25, 0.3) is 0 Å². The number of aliphatic hydroxyl groups excluding tert-OH is 1. The molecule has 1 atom stereocenters. The third-order valence-electron chi connectivity index (χ3n) is 2.09. The molecule has 0 amide bonds. The van der Waals surface area contributed by atoms with Crippen LogP contribution >= 0.6 is 11.3 Å². The summed E-state index contributed by atoms with van der Waals surface area (Å²) in [5.41, 5.74) is 2.71. The van der Waals surface area contributed by atoms with Gasteiger partial charge in [0.15, 0.2) is 0 Å². The van der Waals surface area contributed by atoms with Crippen LogP contribution in [0.2, 0.25) is 0 Å². The van der Waals surface area contributed by atoms with Crippen molar-refractivity contribution in [3.05, 3.63) is 46.7 Å². The Hall–Kier alpha value is -1.26. The van der Waals surface area contributed by atoms with E-state index in [4.69, 9.17) is 0 Å². The zero-order valence-corrected chi connectivity index (χ0v) is 9.02. The lowest BCUT2D eigenvalue weighted by Gasteiger charge is -2.07. The van der Waals surface area contributed by atoms with Gasteiger partial charge in [0, 0.05) is 35.8 Å². The van der Waals surface area contributed by atoms with Gasteiger partial charge in [0.2, 0.25) is 0 Å². The standard InChI is InChI=1S/C11H12N2OS/c14-10(6-11-7-12-8-15-11)5-9-3-1-2-4-13-9/h1-4,7-8,10,14H,5-6H2. The number of hydrogen-bond acceptors (Lipinski definition) is 4. The van der Waals surface area contributed by atoms with E-state index in [9.17, 15) is 5.11 Å². The summed E-state index contributed by atoms with van der Waals surface area (Å²) < 4.78 is 0. The van der Waals surface area contributed by atoms with E-state index in [0.717, 1.165) is 10.6 Å². The quantitative estimate of drug-likeness (QED) is 0.852. The Bertz CT molecular complexity index is 388. The Morgan fingerprint density at radius 2 is 2.27 bits per heavy atom. The maximum absolute atomic E-state index is 9.81. The monoisotopic (exact) mass is 220 g/mol. The number of aliphatic hydroxyl groups is 1. The van der Waals surface area contributed by atoms with Gasteiger partial charge in [-0.1, -0.05) is 6.07 Å². The van der Waals surface area contributed by atoms with Crippen LogP contribution in [0.3, 0.4) is 0 Å². The summed E-state index contributed by atoms with van der Waals surface area (Å²) in [5, 5.41) is 9.81. The molecule has 0 aliphatic carbocycles. The number of nitrogens with zero attached hydrogens (tertiary/aromatic N) is 2. The summed E-state index contributed by atoms with van der Waals surface area (Å²) in [4.78, 5) is 9.26. The van der Waals surface area contributed by atoms with Gasteiger partial charge in [-0.2, -0.15) is 0 Å². The first-order valence-corrected chi connectivity index (χ1v) is 5.68. The fraction of sp³-hybridized carbons (Fsp3) is 0.273. The Balaban J connectivity index is 1.90. The van der Waals surface area contributed by atoms with Crippen molar-refractivity contribution in [1.29, 1.82) is 0 Å². The molecule has 78 valence electrons. The Morgan fingerprint density at radius 1 is 1.33 bits per heavy atom. The zero-order chi connectivity index (χ0) is 10.5. The van der Waals surface area contributed by atoms with Gasteiger partial charge >= 0.3 is 0 Å². The molecule has 0 saturated carbocycles. The zero-order valence-electron chi connectivity index (χ0n) is 8.21. The van der Waals surface area contributed by atoms with Crippen LogP contribution < -0.4 is 0 Å². The van der Waals surface area contributed by atoms with Crippen molar-refractivity contribution in [2.75, 3.05) is 0 Å². The van der Waals surface area contributed by atoms with Gasteiger partial charge in [-0.3, -0.25) is 9.97 Å². The highest BCUT2D eigenvalue weighted by Gasteiger charge is 2.08. The first-order valence-electron chi connectivity index (χ1n) is 4.80. The van der Waals surface area contributed by atoms with Gasteiger partial charge in [-0.15, -0.1) is 11.3 Å². The van der Waals surface area contributed by atoms with Crippen molar-refractivity contribution in [3.8, 4) is 0 Å². The fourth-order valence-corrected chi connectivity index (χ4v) is 2.08. The second kappa shape index (κ2) is 5.00. The molecule has 0 aliphatic rings. The van der Waals surface area contributed by atoms with E-state index in [1.54, 1.807) is 29.2 Å². The Morgan fingerprint density at radius 3 is 2.93 bits per heavy atom. The molecular formula is C11H12N2OS. The van der Waals surface area contributed by atoms with Gasteiger partial charge in [0.1, 0.15) is 0 Å². The molecule has 0 saturated heterocycles. The Kier molecular flexibility index (Phi) is 3.42. The molecule has 0 bridgehead atoms. The van der Waals surface area contributed by atoms with Crippen LogP contribution in [0.1, 0.15) is 10.6 Å². The molecule has 4 heteroatoms. The maximum atomic E-state index is 9.81. The van der Waals surface area contributed by atoms with E-state index in [-0.39, 0.29) is 6.10 Å². The van der Waals surface area contributed by atoms with E-state index >= 15 is 0 Å². The maximum Gasteiger partial charge on any atom is 0.0794 e. The van der Waals surface area contributed by atoms with E-state index in [2.05, 4.69) is 9.97 Å². The van der Waals surface area contributed by atoms with Crippen LogP contribution in [-0.4, -0.2) is 21.2 Å². The van der Waals surface area contributed by atoms with Crippen LogP contribution in [0.4, 0.5) is 0 Å². The molecule has 2 aromatic heterocycles. The predicted octanol–water partition coefficient (Wildman–Crippen LogP) is 1.68. The van der Waals surface area contributed by atoms with Crippen molar-refractivity contribution in [2.24, 2.45) is 0 Å². The molecule has 2 rings (SSSR count). The van der Waals surface area contributed by atoms with E-state index in [1.807, 2.05) is 18.2 Å². The number of rotatable bonds is 4. The van der Waals surface area contributed by atoms with Crippen LogP contribution in [0.15, 0.2) is 36.1 Å². The predicted molar refractivity (Wildman–Crippen MR) is 59.8 cm³/mol. The lowest BCUT2D eigenvalue weighted by molar-refractivity contribution is 0.175. The number of pyridine rings is 1. The molecule has 0 radical (unpaired) electrons. The number of aromatic nitrogens is 2. The van der Waals surface area contributed by atoms with Crippen molar-refractivity contribution in [2.45, 2.75) is 18.9 Å². The molecule has 1 N–H and O–H groups in total. The van der Waals surface area contributed by atoms with Crippen molar-refractivity contribution in [3.63, 3.8) is 0 Å². The van der Waals surface area contributed by atoms with Gasteiger partial charge < -0.3 is 5.11 Å². The van der Waals surface area contributed by atoms with Gasteiger partial charge in [-0.05, 0) is 12.1 Å². The average molecular weight is 220 g/mol. The van der Waals surface area contributed by atoms with Crippen molar-refractivity contribution in [1.82, 2.24) is 9.97 Å². The van der Waals surface area contributed by atoms with Gasteiger partial charge in [-0.25, -0.2) is 0 Å². The summed E-state index contributed by atoms with van der Waals surface area (Å²) in [6.07, 6.45) is 4.42. The number of hydrogen-bond donors (Lipinski definition) is 1. The summed E-state index contributed by atoms with van der Waals surface area (Å²) >= 11 is 1.57. The molecule has 0 aliphatic heterocycles. The molecule has 1 unspecified atom stereocenters. The minimum atomic E-state index is -0.375.